The maximum atomic E-state index is 10.6. The van der Waals surface area contributed by atoms with Gasteiger partial charge in [-0.15, -0.1) is 11.3 Å². The minimum absolute atomic E-state index is 0.242. The molecule has 4 heteroatoms. The van der Waals surface area contributed by atoms with Crippen LogP contribution in [0.25, 0.3) is 10.1 Å². The van der Waals surface area contributed by atoms with E-state index in [4.69, 9.17) is 0 Å². The summed E-state index contributed by atoms with van der Waals surface area (Å²) in [7, 11) is 0. The van der Waals surface area contributed by atoms with Crippen LogP contribution in [0.5, 0.6) is 5.75 Å². The Morgan fingerprint density at radius 3 is 2.86 bits per heavy atom. The number of fused-ring (bicyclic) bond motifs is 1. The number of phenolic OH excluding ortho intramolecular Hbond substituents is 1. The molecule has 2 rings (SSSR count). The second kappa shape index (κ2) is 3.71. The van der Waals surface area contributed by atoms with Crippen molar-refractivity contribution in [3.05, 3.63) is 28.6 Å². The zero-order valence-electron chi connectivity index (χ0n) is 7.16. The first kappa shape index (κ1) is 9.68. The normalized spacial score (nSPS) is 10.6. The molecule has 0 spiro atoms. The highest BCUT2D eigenvalue weighted by atomic mass is 79.9. The molecule has 72 valence electrons. The van der Waals surface area contributed by atoms with Gasteiger partial charge in [0, 0.05) is 10.0 Å². The smallest absolute Gasteiger partial charge is 0.160 e. The zero-order chi connectivity index (χ0) is 10.1. The number of aromatic hydroxyl groups is 1. The van der Waals surface area contributed by atoms with Crippen molar-refractivity contribution in [2.24, 2.45) is 0 Å². The maximum absolute atomic E-state index is 10.6. The van der Waals surface area contributed by atoms with Crippen LogP contribution < -0.4 is 0 Å². The molecule has 0 bridgehead atoms. The van der Waals surface area contributed by atoms with E-state index < -0.39 is 0 Å². The van der Waals surface area contributed by atoms with E-state index in [-0.39, 0.29) is 5.75 Å². The molecule has 2 aromatic rings. The Labute approximate surface area is 93.3 Å². The first-order valence-corrected chi connectivity index (χ1v) is 5.95. The Hall–Kier alpha value is -0.870. The zero-order valence-corrected chi connectivity index (χ0v) is 9.56. The van der Waals surface area contributed by atoms with Gasteiger partial charge in [0.2, 0.25) is 0 Å². The first-order chi connectivity index (χ1) is 6.74. The second-order valence-corrected chi connectivity index (χ2v) is 4.59. The van der Waals surface area contributed by atoms with Gasteiger partial charge in [0.05, 0.1) is 4.88 Å². The van der Waals surface area contributed by atoms with Gasteiger partial charge in [-0.2, -0.15) is 0 Å². The molecule has 0 amide bonds. The van der Waals surface area contributed by atoms with Crippen molar-refractivity contribution >= 4 is 43.6 Å². The summed E-state index contributed by atoms with van der Waals surface area (Å²) in [5.74, 6) is 0.242. The minimum Gasteiger partial charge on any atom is -0.508 e. The Balaban J connectivity index is 2.77. The van der Waals surface area contributed by atoms with Crippen LogP contribution in [-0.4, -0.2) is 11.4 Å². The first-order valence-electron chi connectivity index (χ1n) is 4.01. The lowest BCUT2D eigenvalue weighted by molar-refractivity contribution is 0.112. The number of rotatable bonds is 2. The molecule has 0 aliphatic carbocycles. The molecule has 14 heavy (non-hydrogen) atoms. The van der Waals surface area contributed by atoms with Gasteiger partial charge in [-0.1, -0.05) is 15.9 Å². The van der Waals surface area contributed by atoms with Crippen LogP contribution in [-0.2, 0) is 5.33 Å². The molecule has 1 heterocycles. The number of carbonyl (C=O) groups excluding carboxylic acids is 1. The Bertz CT molecular complexity index is 490. The van der Waals surface area contributed by atoms with Crippen molar-refractivity contribution in [1.29, 1.82) is 0 Å². The lowest BCUT2D eigenvalue weighted by Crippen LogP contribution is -1.77. The number of alkyl halides is 1. The highest BCUT2D eigenvalue weighted by Gasteiger charge is 2.06. The van der Waals surface area contributed by atoms with Gasteiger partial charge in [-0.3, -0.25) is 4.79 Å². The molecule has 1 N–H and O–H groups in total. The summed E-state index contributed by atoms with van der Waals surface area (Å²) in [5.41, 5.74) is 1.00. The predicted molar refractivity (Wildman–Crippen MR) is 61.5 cm³/mol. The fraction of sp³-hybridized carbons (Fsp3) is 0.100. The molecule has 0 saturated carbocycles. The number of thiophene rings is 1. The number of aldehydes is 1. The van der Waals surface area contributed by atoms with E-state index in [9.17, 15) is 9.90 Å². The van der Waals surface area contributed by atoms with E-state index in [0.29, 0.717) is 10.2 Å². The van der Waals surface area contributed by atoms with Crippen LogP contribution >= 0.6 is 27.3 Å². The number of benzene rings is 1. The third-order valence-electron chi connectivity index (χ3n) is 1.99. The van der Waals surface area contributed by atoms with Crippen molar-refractivity contribution in [3.63, 3.8) is 0 Å². The number of carbonyl (C=O) groups is 1. The van der Waals surface area contributed by atoms with E-state index in [1.165, 1.54) is 11.3 Å². The van der Waals surface area contributed by atoms with Crippen LogP contribution in [0.3, 0.4) is 0 Å². The van der Waals surface area contributed by atoms with Gasteiger partial charge >= 0.3 is 0 Å². The van der Waals surface area contributed by atoms with Crippen LogP contribution in [0.4, 0.5) is 0 Å². The van der Waals surface area contributed by atoms with Crippen LogP contribution in [0.2, 0.25) is 0 Å². The fourth-order valence-electron chi connectivity index (χ4n) is 1.38. The average molecular weight is 271 g/mol. The van der Waals surface area contributed by atoms with Gasteiger partial charge in [-0.05, 0) is 29.1 Å². The van der Waals surface area contributed by atoms with Gasteiger partial charge < -0.3 is 5.11 Å². The summed E-state index contributed by atoms with van der Waals surface area (Å²) in [6.07, 6.45) is 0.833. The Kier molecular flexibility index (Phi) is 2.56. The monoisotopic (exact) mass is 270 g/mol. The summed E-state index contributed by atoms with van der Waals surface area (Å²) in [4.78, 5) is 11.3. The summed E-state index contributed by atoms with van der Waals surface area (Å²) in [6, 6.07) is 5.24. The average Bonchev–Trinajstić information content (AvgIpc) is 2.59. The topological polar surface area (TPSA) is 37.3 Å². The molecule has 0 saturated heterocycles. The molecule has 1 aromatic carbocycles. The van der Waals surface area contributed by atoms with Crippen molar-refractivity contribution in [2.75, 3.05) is 0 Å². The highest BCUT2D eigenvalue weighted by molar-refractivity contribution is 9.08. The molecule has 0 aliphatic rings. The fourth-order valence-corrected chi connectivity index (χ4v) is 2.81. The van der Waals surface area contributed by atoms with Crippen LogP contribution in [0.1, 0.15) is 15.2 Å². The summed E-state index contributed by atoms with van der Waals surface area (Å²) >= 11 is 4.74. The number of hydrogen-bond acceptors (Lipinski definition) is 3. The van der Waals surface area contributed by atoms with E-state index in [0.717, 1.165) is 21.9 Å². The molecule has 0 unspecified atom stereocenters. The quantitative estimate of drug-likeness (QED) is 0.672. The molecular weight excluding hydrogens is 264 g/mol. The standard InChI is InChI=1S/C10H7BrO2S/c11-4-6-1-7(13)2-10-9(6)3-8(5-12)14-10/h1-3,5,13H,4H2. The third-order valence-corrected chi connectivity index (χ3v) is 3.60. The van der Waals surface area contributed by atoms with Crippen molar-refractivity contribution in [2.45, 2.75) is 5.33 Å². The molecular formula is C10H7BrO2S. The van der Waals surface area contributed by atoms with Gasteiger partial charge in [-0.25, -0.2) is 0 Å². The summed E-state index contributed by atoms with van der Waals surface area (Å²) in [6.45, 7) is 0. The van der Waals surface area contributed by atoms with Crippen molar-refractivity contribution in [3.8, 4) is 5.75 Å². The van der Waals surface area contributed by atoms with E-state index in [1.54, 1.807) is 12.1 Å². The van der Waals surface area contributed by atoms with E-state index in [1.807, 2.05) is 6.07 Å². The highest BCUT2D eigenvalue weighted by Crippen LogP contribution is 2.32. The molecule has 0 atom stereocenters. The molecule has 0 aliphatic heterocycles. The number of halogens is 1. The Morgan fingerprint density at radius 1 is 1.43 bits per heavy atom. The van der Waals surface area contributed by atoms with Crippen molar-refractivity contribution in [1.82, 2.24) is 0 Å². The van der Waals surface area contributed by atoms with Gasteiger partial charge in [0.25, 0.3) is 0 Å². The number of hydrogen-bond donors (Lipinski definition) is 1. The summed E-state index contributed by atoms with van der Waals surface area (Å²) in [5, 5.41) is 11.1. The molecule has 0 fully saturated rings. The lowest BCUT2D eigenvalue weighted by atomic mass is 10.1. The minimum atomic E-state index is 0.242. The lowest BCUT2D eigenvalue weighted by Gasteiger charge is -1.99. The predicted octanol–water partition coefficient (Wildman–Crippen LogP) is 3.31. The molecule has 0 radical (unpaired) electrons. The molecule has 1 aromatic heterocycles. The largest absolute Gasteiger partial charge is 0.508 e. The third kappa shape index (κ3) is 1.55. The van der Waals surface area contributed by atoms with E-state index >= 15 is 0 Å². The summed E-state index contributed by atoms with van der Waals surface area (Å²) < 4.78 is 0.946. The molecule has 2 nitrogen and oxygen atoms in total. The van der Waals surface area contributed by atoms with Crippen molar-refractivity contribution < 1.29 is 9.90 Å². The second-order valence-electron chi connectivity index (χ2n) is 2.92. The van der Waals surface area contributed by atoms with Crippen LogP contribution in [0, 0.1) is 0 Å². The number of phenols is 1. The van der Waals surface area contributed by atoms with Crippen LogP contribution in [0.15, 0.2) is 18.2 Å². The van der Waals surface area contributed by atoms with Gasteiger partial charge in [0.15, 0.2) is 6.29 Å². The SMILES string of the molecule is O=Cc1cc2c(CBr)cc(O)cc2s1. The Morgan fingerprint density at radius 2 is 2.21 bits per heavy atom. The van der Waals surface area contributed by atoms with Gasteiger partial charge in [0.1, 0.15) is 5.75 Å². The maximum Gasteiger partial charge on any atom is 0.160 e. The van der Waals surface area contributed by atoms with E-state index in [2.05, 4.69) is 15.9 Å².